The first kappa shape index (κ1) is 10.7. The van der Waals surface area contributed by atoms with E-state index in [9.17, 15) is 9.59 Å². The van der Waals surface area contributed by atoms with E-state index >= 15 is 0 Å². The van der Waals surface area contributed by atoms with Crippen molar-refractivity contribution in [2.24, 2.45) is 5.10 Å². The third-order valence-corrected chi connectivity index (χ3v) is 2.94. The molecule has 6 nitrogen and oxygen atoms in total. The highest BCUT2D eigenvalue weighted by Crippen LogP contribution is 2.08. The molecule has 1 aromatic heterocycles. The number of thiazole rings is 1. The van der Waals surface area contributed by atoms with Gasteiger partial charge in [0.1, 0.15) is 10.7 Å². The van der Waals surface area contributed by atoms with Gasteiger partial charge in [0.15, 0.2) is 0 Å². The van der Waals surface area contributed by atoms with Crippen LogP contribution in [-0.2, 0) is 16.1 Å². The summed E-state index contributed by atoms with van der Waals surface area (Å²) in [4.78, 5) is 26.5. The lowest BCUT2D eigenvalue weighted by molar-refractivity contribution is -0.120. The molecule has 0 atom stereocenters. The lowest BCUT2D eigenvalue weighted by Gasteiger charge is -2.00. The minimum Gasteiger partial charge on any atom is -0.344 e. The van der Waals surface area contributed by atoms with Crippen molar-refractivity contribution in [1.29, 1.82) is 0 Å². The fourth-order valence-corrected chi connectivity index (χ4v) is 1.95. The second kappa shape index (κ2) is 4.40. The van der Waals surface area contributed by atoms with Crippen molar-refractivity contribution in [3.63, 3.8) is 0 Å². The number of amides is 2. The van der Waals surface area contributed by atoms with Crippen molar-refractivity contribution < 1.29 is 9.59 Å². The van der Waals surface area contributed by atoms with E-state index in [0.717, 1.165) is 10.7 Å². The Balaban J connectivity index is 1.87. The van der Waals surface area contributed by atoms with Crippen molar-refractivity contribution in [2.45, 2.75) is 19.9 Å². The summed E-state index contributed by atoms with van der Waals surface area (Å²) in [6, 6.07) is 0. The molecular formula is C9H10N4O2S. The Bertz CT molecular complexity index is 466. The molecule has 0 aliphatic carbocycles. The molecule has 2 N–H and O–H groups in total. The molecule has 16 heavy (non-hydrogen) atoms. The zero-order valence-corrected chi connectivity index (χ0v) is 9.43. The highest BCUT2D eigenvalue weighted by Gasteiger charge is 2.21. The van der Waals surface area contributed by atoms with Gasteiger partial charge < -0.3 is 5.32 Å². The molecule has 1 aromatic rings. The molecule has 0 fully saturated rings. The van der Waals surface area contributed by atoms with E-state index in [1.54, 1.807) is 0 Å². The Morgan fingerprint density at radius 3 is 3.06 bits per heavy atom. The van der Waals surface area contributed by atoms with E-state index in [1.807, 2.05) is 12.3 Å². The number of nitrogens with one attached hydrogen (secondary N) is 2. The van der Waals surface area contributed by atoms with Gasteiger partial charge in [0, 0.05) is 11.1 Å². The first-order valence-electron chi connectivity index (χ1n) is 4.70. The van der Waals surface area contributed by atoms with Gasteiger partial charge in [-0.05, 0) is 6.92 Å². The predicted molar refractivity (Wildman–Crippen MR) is 58.9 cm³/mol. The first-order valence-corrected chi connectivity index (χ1v) is 5.58. The monoisotopic (exact) mass is 238 g/mol. The molecule has 2 amide bonds. The zero-order chi connectivity index (χ0) is 11.5. The third-order valence-electron chi connectivity index (χ3n) is 1.97. The maximum Gasteiger partial charge on any atom is 0.268 e. The average molecular weight is 238 g/mol. The summed E-state index contributed by atoms with van der Waals surface area (Å²) in [6.07, 6.45) is 0.0444. The Labute approximate surface area is 95.8 Å². The number of carbonyl (C=O) groups is 2. The van der Waals surface area contributed by atoms with Crippen LogP contribution < -0.4 is 10.7 Å². The van der Waals surface area contributed by atoms with Gasteiger partial charge in [-0.1, -0.05) is 0 Å². The Kier molecular flexibility index (Phi) is 2.95. The van der Waals surface area contributed by atoms with E-state index in [4.69, 9.17) is 0 Å². The van der Waals surface area contributed by atoms with E-state index < -0.39 is 0 Å². The minimum absolute atomic E-state index is 0.0444. The summed E-state index contributed by atoms with van der Waals surface area (Å²) in [7, 11) is 0. The van der Waals surface area contributed by atoms with Gasteiger partial charge >= 0.3 is 0 Å². The molecule has 0 saturated heterocycles. The lowest BCUT2D eigenvalue weighted by Crippen LogP contribution is -2.30. The summed E-state index contributed by atoms with van der Waals surface area (Å²) in [6.45, 7) is 2.26. The lowest BCUT2D eigenvalue weighted by atomic mass is 10.2. The van der Waals surface area contributed by atoms with Crippen LogP contribution in [0.2, 0.25) is 0 Å². The molecule has 2 heterocycles. The maximum absolute atomic E-state index is 11.5. The summed E-state index contributed by atoms with van der Waals surface area (Å²) < 4.78 is 0. The Morgan fingerprint density at radius 1 is 1.69 bits per heavy atom. The summed E-state index contributed by atoms with van der Waals surface area (Å²) in [5.74, 6) is -0.582. The molecule has 0 bridgehead atoms. The average Bonchev–Trinajstić information content (AvgIpc) is 2.84. The fourth-order valence-electron chi connectivity index (χ4n) is 1.23. The molecule has 0 radical (unpaired) electrons. The van der Waals surface area contributed by atoms with Crippen LogP contribution in [0.15, 0.2) is 10.5 Å². The van der Waals surface area contributed by atoms with Crippen LogP contribution in [0.4, 0.5) is 0 Å². The maximum atomic E-state index is 11.5. The fraction of sp³-hybridized carbons (Fsp3) is 0.333. The third kappa shape index (κ3) is 2.43. The number of hydrogen-bond acceptors (Lipinski definition) is 5. The Hall–Kier alpha value is -1.76. The van der Waals surface area contributed by atoms with Crippen LogP contribution in [0.5, 0.6) is 0 Å². The molecule has 0 aromatic carbocycles. The van der Waals surface area contributed by atoms with Crippen molar-refractivity contribution in [3.8, 4) is 0 Å². The largest absolute Gasteiger partial charge is 0.344 e. The van der Waals surface area contributed by atoms with Gasteiger partial charge in [-0.2, -0.15) is 5.10 Å². The predicted octanol–water partition coefficient (Wildman–Crippen LogP) is -0.0564. The number of carbonyl (C=O) groups excluding carboxylic acids is 2. The molecule has 0 saturated carbocycles. The summed E-state index contributed by atoms with van der Waals surface area (Å²) in [5, 5.41) is 9.04. The first-order chi connectivity index (χ1) is 7.65. The highest BCUT2D eigenvalue weighted by atomic mass is 32.1. The van der Waals surface area contributed by atoms with Crippen LogP contribution in [0.3, 0.4) is 0 Å². The van der Waals surface area contributed by atoms with Crippen molar-refractivity contribution >= 4 is 28.9 Å². The Morgan fingerprint density at radius 2 is 2.50 bits per heavy atom. The zero-order valence-electron chi connectivity index (χ0n) is 8.61. The molecule has 7 heteroatoms. The number of hydrazone groups is 1. The molecule has 2 rings (SSSR count). The van der Waals surface area contributed by atoms with E-state index in [0.29, 0.717) is 6.54 Å². The number of aryl methyl sites for hydroxylation is 1. The SMILES string of the molecule is Cc1csc(CNC(=O)C2=NNC(=O)C2)n1. The molecular weight excluding hydrogens is 228 g/mol. The van der Waals surface area contributed by atoms with Gasteiger partial charge in [0.05, 0.1) is 13.0 Å². The normalized spacial score (nSPS) is 14.6. The van der Waals surface area contributed by atoms with Crippen LogP contribution in [0.25, 0.3) is 0 Å². The van der Waals surface area contributed by atoms with E-state index in [1.165, 1.54) is 11.3 Å². The summed E-state index contributed by atoms with van der Waals surface area (Å²) >= 11 is 1.49. The van der Waals surface area contributed by atoms with Crippen LogP contribution in [-0.4, -0.2) is 22.5 Å². The van der Waals surface area contributed by atoms with Gasteiger partial charge in [0.2, 0.25) is 5.91 Å². The number of aromatic nitrogens is 1. The molecule has 84 valence electrons. The van der Waals surface area contributed by atoms with Crippen LogP contribution in [0, 0.1) is 6.92 Å². The highest BCUT2D eigenvalue weighted by molar-refractivity contribution is 7.09. The number of rotatable bonds is 3. The van der Waals surface area contributed by atoms with E-state index in [2.05, 4.69) is 20.8 Å². The van der Waals surface area contributed by atoms with Gasteiger partial charge in [-0.15, -0.1) is 11.3 Å². The number of nitrogens with zero attached hydrogens (tertiary/aromatic N) is 2. The second-order valence-electron chi connectivity index (χ2n) is 3.34. The molecule has 0 spiro atoms. The van der Waals surface area contributed by atoms with Crippen LogP contribution in [0.1, 0.15) is 17.1 Å². The van der Waals surface area contributed by atoms with Gasteiger partial charge in [-0.25, -0.2) is 10.4 Å². The smallest absolute Gasteiger partial charge is 0.268 e. The standard InChI is InChI=1S/C9H10N4O2S/c1-5-4-16-8(11-5)3-10-9(15)6-2-7(14)13-12-6/h4H,2-3H2,1H3,(H,10,15)(H,13,14). The second-order valence-corrected chi connectivity index (χ2v) is 4.28. The molecule has 1 aliphatic heterocycles. The minimum atomic E-state index is -0.328. The van der Waals surface area contributed by atoms with Crippen LogP contribution >= 0.6 is 11.3 Å². The van der Waals surface area contributed by atoms with E-state index in [-0.39, 0.29) is 23.9 Å². The topological polar surface area (TPSA) is 83.5 Å². The van der Waals surface area contributed by atoms with Gasteiger partial charge in [0.25, 0.3) is 5.91 Å². The van der Waals surface area contributed by atoms with Crippen molar-refractivity contribution in [2.75, 3.05) is 0 Å². The van der Waals surface area contributed by atoms with Crippen molar-refractivity contribution in [1.82, 2.24) is 15.7 Å². The molecule has 0 unspecified atom stereocenters. The molecule has 1 aliphatic rings. The van der Waals surface area contributed by atoms with Crippen molar-refractivity contribution in [3.05, 3.63) is 16.1 Å². The van der Waals surface area contributed by atoms with Gasteiger partial charge in [-0.3, -0.25) is 9.59 Å². The summed E-state index contributed by atoms with van der Waals surface area (Å²) in [5.41, 5.74) is 3.38. The quantitative estimate of drug-likeness (QED) is 0.774. The number of hydrogen-bond donors (Lipinski definition) is 2.